The minimum Gasteiger partial charge on any atom is -0.444 e. The predicted molar refractivity (Wildman–Crippen MR) is 81.9 cm³/mol. The maximum atomic E-state index is 11.7. The molecule has 0 bridgehead atoms. The van der Waals surface area contributed by atoms with E-state index in [0.29, 0.717) is 12.5 Å². The van der Waals surface area contributed by atoms with E-state index in [1.54, 1.807) is 7.11 Å². The molecule has 0 rings (SSSR count). The molecule has 0 aromatic carbocycles. The molecule has 3 atom stereocenters. The third-order valence-electron chi connectivity index (χ3n) is 3.22. The Balaban J connectivity index is 4.32. The summed E-state index contributed by atoms with van der Waals surface area (Å²) < 4.78 is 10.5. The van der Waals surface area contributed by atoms with Gasteiger partial charge in [-0.05, 0) is 40.5 Å². The fourth-order valence-corrected chi connectivity index (χ4v) is 1.67. The summed E-state index contributed by atoms with van der Waals surface area (Å²) in [6, 6.07) is 0.392. The van der Waals surface area contributed by atoms with Crippen molar-refractivity contribution in [2.45, 2.75) is 72.3 Å². The van der Waals surface area contributed by atoms with Crippen molar-refractivity contribution in [2.75, 3.05) is 13.7 Å². The zero-order chi connectivity index (χ0) is 15.9. The maximum Gasteiger partial charge on any atom is 0.407 e. The number of methoxy groups -OCH3 is 1. The second-order valence-corrected chi connectivity index (χ2v) is 6.63. The second-order valence-electron chi connectivity index (χ2n) is 6.63. The van der Waals surface area contributed by atoms with Crippen LogP contribution in [0.5, 0.6) is 0 Å². The van der Waals surface area contributed by atoms with E-state index in [4.69, 9.17) is 9.47 Å². The summed E-state index contributed by atoms with van der Waals surface area (Å²) in [7, 11) is 1.70. The lowest BCUT2D eigenvalue weighted by molar-refractivity contribution is 0.0510. The lowest BCUT2D eigenvalue weighted by Crippen LogP contribution is -2.51. The van der Waals surface area contributed by atoms with E-state index in [2.05, 4.69) is 31.4 Å². The van der Waals surface area contributed by atoms with Gasteiger partial charge in [-0.3, -0.25) is 0 Å². The van der Waals surface area contributed by atoms with Crippen LogP contribution in [0.15, 0.2) is 0 Å². The minimum absolute atomic E-state index is 0.123. The van der Waals surface area contributed by atoms with E-state index >= 15 is 0 Å². The summed E-state index contributed by atoms with van der Waals surface area (Å²) in [4.78, 5) is 11.7. The number of amides is 1. The first-order valence-electron chi connectivity index (χ1n) is 7.32. The van der Waals surface area contributed by atoms with Crippen LogP contribution in [-0.2, 0) is 9.47 Å². The molecule has 5 nitrogen and oxygen atoms in total. The van der Waals surface area contributed by atoms with Crippen molar-refractivity contribution < 1.29 is 14.3 Å². The highest BCUT2D eigenvalue weighted by molar-refractivity contribution is 5.67. The van der Waals surface area contributed by atoms with Crippen LogP contribution >= 0.6 is 0 Å². The van der Waals surface area contributed by atoms with Crippen LogP contribution in [0.2, 0.25) is 0 Å². The number of carbonyl (C=O) groups is 1. The van der Waals surface area contributed by atoms with Gasteiger partial charge in [0.1, 0.15) is 5.60 Å². The number of ether oxygens (including phenoxy) is 2. The van der Waals surface area contributed by atoms with E-state index in [9.17, 15) is 4.79 Å². The van der Waals surface area contributed by atoms with E-state index in [-0.39, 0.29) is 24.3 Å². The third kappa shape index (κ3) is 8.38. The summed E-state index contributed by atoms with van der Waals surface area (Å²) in [5.74, 6) is 0.399. The minimum atomic E-state index is -0.470. The Morgan fingerprint density at radius 3 is 2.10 bits per heavy atom. The number of rotatable bonds is 7. The molecule has 0 heterocycles. The molecule has 3 unspecified atom stereocenters. The van der Waals surface area contributed by atoms with Crippen LogP contribution in [0.1, 0.15) is 48.5 Å². The quantitative estimate of drug-likeness (QED) is 0.756. The number of alkyl carbamates (subject to hydrolysis) is 1. The fraction of sp³-hybridized carbons (Fsp3) is 0.933. The Labute approximate surface area is 123 Å². The van der Waals surface area contributed by atoms with Gasteiger partial charge in [-0.2, -0.15) is 0 Å². The van der Waals surface area contributed by atoms with Crippen molar-refractivity contribution in [1.82, 2.24) is 10.6 Å². The fourth-order valence-electron chi connectivity index (χ4n) is 1.67. The molecule has 2 N–H and O–H groups in total. The van der Waals surface area contributed by atoms with E-state index in [1.807, 2.05) is 27.7 Å². The highest BCUT2D eigenvalue weighted by Crippen LogP contribution is 2.08. The Kier molecular flexibility index (Phi) is 8.13. The van der Waals surface area contributed by atoms with E-state index in [0.717, 1.165) is 0 Å². The van der Waals surface area contributed by atoms with Crippen molar-refractivity contribution >= 4 is 6.09 Å². The standard InChI is InChI=1S/C15H32N2O3/c1-10(2)13(17-11(3)12(4)19-8)9-16-14(18)20-15(5,6)7/h10-13,17H,9H2,1-8H3,(H,16,18). The Hall–Kier alpha value is -0.810. The van der Waals surface area contributed by atoms with Crippen LogP contribution < -0.4 is 10.6 Å². The number of hydrogen-bond donors (Lipinski definition) is 2. The Morgan fingerprint density at radius 1 is 1.15 bits per heavy atom. The summed E-state index contributed by atoms with van der Waals surface area (Å²) in [5.41, 5.74) is -0.470. The summed E-state index contributed by atoms with van der Waals surface area (Å²) in [6.45, 7) is 14.4. The monoisotopic (exact) mass is 288 g/mol. The first-order chi connectivity index (χ1) is 9.06. The smallest absolute Gasteiger partial charge is 0.407 e. The van der Waals surface area contributed by atoms with Crippen molar-refractivity contribution in [1.29, 1.82) is 0 Å². The summed E-state index contributed by atoms with van der Waals surface area (Å²) in [6.07, 6.45) is -0.254. The van der Waals surface area contributed by atoms with Crippen LogP contribution in [0.25, 0.3) is 0 Å². The van der Waals surface area contributed by atoms with Gasteiger partial charge >= 0.3 is 6.09 Å². The van der Waals surface area contributed by atoms with Gasteiger partial charge in [-0.25, -0.2) is 4.79 Å². The largest absolute Gasteiger partial charge is 0.444 e. The average molecular weight is 288 g/mol. The molecule has 120 valence electrons. The highest BCUT2D eigenvalue weighted by Gasteiger charge is 2.21. The second kappa shape index (κ2) is 8.47. The molecule has 0 aromatic rings. The van der Waals surface area contributed by atoms with Crippen LogP contribution in [0, 0.1) is 5.92 Å². The number of carbonyl (C=O) groups excluding carboxylic acids is 1. The molecule has 5 heteroatoms. The van der Waals surface area contributed by atoms with Crippen molar-refractivity contribution in [3.63, 3.8) is 0 Å². The number of hydrogen-bond acceptors (Lipinski definition) is 4. The lowest BCUT2D eigenvalue weighted by Gasteiger charge is -2.29. The molecule has 0 spiro atoms. The normalized spacial score (nSPS) is 16.6. The molecule has 0 aliphatic heterocycles. The van der Waals surface area contributed by atoms with Crippen molar-refractivity contribution in [2.24, 2.45) is 5.92 Å². The predicted octanol–water partition coefficient (Wildman–Crippen LogP) is 2.55. The van der Waals surface area contributed by atoms with Gasteiger partial charge in [0.25, 0.3) is 0 Å². The Morgan fingerprint density at radius 2 is 1.70 bits per heavy atom. The van der Waals surface area contributed by atoms with Gasteiger partial charge in [-0.15, -0.1) is 0 Å². The molecule has 0 aliphatic carbocycles. The molecule has 20 heavy (non-hydrogen) atoms. The first-order valence-corrected chi connectivity index (χ1v) is 7.32. The molecule has 1 amide bonds. The van der Waals surface area contributed by atoms with Gasteiger partial charge in [0.05, 0.1) is 6.10 Å². The van der Waals surface area contributed by atoms with Crippen molar-refractivity contribution in [3.05, 3.63) is 0 Å². The SMILES string of the molecule is COC(C)C(C)NC(CNC(=O)OC(C)(C)C)C(C)C. The number of nitrogens with one attached hydrogen (secondary N) is 2. The van der Waals surface area contributed by atoms with E-state index < -0.39 is 5.60 Å². The Bertz CT molecular complexity index is 287. The zero-order valence-corrected chi connectivity index (χ0v) is 14.2. The molecule has 0 saturated carbocycles. The average Bonchev–Trinajstić information content (AvgIpc) is 2.30. The van der Waals surface area contributed by atoms with Gasteiger partial charge in [0.15, 0.2) is 0 Å². The maximum absolute atomic E-state index is 11.7. The van der Waals surface area contributed by atoms with Crippen LogP contribution in [0.4, 0.5) is 4.79 Å². The molecule has 0 fully saturated rings. The molecular weight excluding hydrogens is 256 g/mol. The summed E-state index contributed by atoms with van der Waals surface area (Å²) >= 11 is 0. The first kappa shape index (κ1) is 19.2. The van der Waals surface area contributed by atoms with Gasteiger partial charge < -0.3 is 20.1 Å². The third-order valence-corrected chi connectivity index (χ3v) is 3.22. The topological polar surface area (TPSA) is 59.6 Å². The molecule has 0 saturated heterocycles. The van der Waals surface area contributed by atoms with Crippen molar-refractivity contribution in [3.8, 4) is 0 Å². The van der Waals surface area contributed by atoms with Crippen LogP contribution in [0.3, 0.4) is 0 Å². The summed E-state index contributed by atoms with van der Waals surface area (Å²) in [5, 5.41) is 6.31. The molecule has 0 aliphatic rings. The van der Waals surface area contributed by atoms with Gasteiger partial charge in [-0.1, -0.05) is 13.8 Å². The lowest BCUT2D eigenvalue weighted by atomic mass is 10.0. The van der Waals surface area contributed by atoms with Gasteiger partial charge in [0.2, 0.25) is 0 Å². The molecule has 0 aromatic heterocycles. The molecule has 0 radical (unpaired) electrons. The van der Waals surface area contributed by atoms with E-state index in [1.165, 1.54) is 0 Å². The molecular formula is C15H32N2O3. The zero-order valence-electron chi connectivity index (χ0n) is 14.2. The highest BCUT2D eigenvalue weighted by atomic mass is 16.6. The van der Waals surface area contributed by atoms with Crippen LogP contribution in [-0.4, -0.2) is 43.5 Å². The van der Waals surface area contributed by atoms with Gasteiger partial charge in [0, 0.05) is 25.7 Å².